The van der Waals surface area contributed by atoms with Crippen LogP contribution in [0.3, 0.4) is 0 Å². The van der Waals surface area contributed by atoms with Crippen molar-refractivity contribution in [1.29, 1.82) is 0 Å². The van der Waals surface area contributed by atoms with Crippen LogP contribution in [0.4, 0.5) is 11.4 Å². The lowest BCUT2D eigenvalue weighted by molar-refractivity contribution is 0.101. The van der Waals surface area contributed by atoms with Gasteiger partial charge in [-0.15, -0.1) is 0 Å². The molecule has 0 radical (unpaired) electrons. The van der Waals surface area contributed by atoms with Crippen molar-refractivity contribution in [1.82, 2.24) is 4.98 Å². The van der Waals surface area contributed by atoms with Crippen LogP contribution in [0.25, 0.3) is 10.9 Å². The van der Waals surface area contributed by atoms with Crippen molar-refractivity contribution in [3.63, 3.8) is 0 Å². The molecule has 0 fully saturated rings. The van der Waals surface area contributed by atoms with E-state index in [1.807, 2.05) is 61.5 Å². The van der Waals surface area contributed by atoms with Gasteiger partial charge in [0.05, 0.1) is 11.2 Å². The third-order valence-electron chi connectivity index (χ3n) is 4.60. The maximum absolute atomic E-state index is 12.6. The molecule has 29 heavy (non-hydrogen) atoms. The predicted molar refractivity (Wildman–Crippen MR) is 115 cm³/mol. The second-order valence-corrected chi connectivity index (χ2v) is 6.73. The Balaban J connectivity index is 1.47. The number of anilines is 2. The first-order valence-electron chi connectivity index (χ1n) is 9.23. The molecule has 0 atom stereocenters. The first kappa shape index (κ1) is 18.4. The summed E-state index contributed by atoms with van der Waals surface area (Å²) in [5.41, 5.74) is 4.18. The van der Waals surface area contributed by atoms with Crippen molar-refractivity contribution >= 4 is 34.1 Å². The van der Waals surface area contributed by atoms with E-state index in [1.54, 1.807) is 30.5 Å². The van der Waals surface area contributed by atoms with Crippen molar-refractivity contribution in [2.24, 2.45) is 0 Å². The quantitative estimate of drug-likeness (QED) is 0.520. The van der Waals surface area contributed by atoms with E-state index in [0.717, 1.165) is 22.2 Å². The highest BCUT2D eigenvalue weighted by Crippen LogP contribution is 2.21. The number of rotatable bonds is 4. The van der Waals surface area contributed by atoms with Gasteiger partial charge in [-0.05, 0) is 55.5 Å². The molecule has 2 amide bonds. The minimum atomic E-state index is -0.256. The fourth-order valence-corrected chi connectivity index (χ4v) is 3.01. The molecule has 0 aliphatic heterocycles. The second-order valence-electron chi connectivity index (χ2n) is 6.73. The van der Waals surface area contributed by atoms with Crippen LogP contribution in [-0.4, -0.2) is 16.8 Å². The predicted octanol–water partition coefficient (Wildman–Crippen LogP) is 5.05. The number of nitrogens with one attached hydrogen (secondary N) is 2. The normalized spacial score (nSPS) is 10.5. The van der Waals surface area contributed by atoms with Crippen LogP contribution in [0, 0.1) is 6.92 Å². The Morgan fingerprint density at radius 3 is 2.03 bits per heavy atom. The number of hydrogen-bond acceptors (Lipinski definition) is 3. The molecular formula is C24H19N3O2. The smallest absolute Gasteiger partial charge is 0.255 e. The number of fused-ring (bicyclic) bond motifs is 1. The molecule has 0 aliphatic rings. The van der Waals surface area contributed by atoms with Crippen molar-refractivity contribution in [3.8, 4) is 0 Å². The van der Waals surface area contributed by atoms with Gasteiger partial charge < -0.3 is 10.6 Å². The lowest BCUT2D eigenvalue weighted by Gasteiger charge is -2.09. The number of aryl methyl sites for hydroxylation is 1. The minimum Gasteiger partial charge on any atom is -0.322 e. The molecule has 142 valence electrons. The first-order valence-corrected chi connectivity index (χ1v) is 9.23. The van der Waals surface area contributed by atoms with Crippen LogP contribution in [-0.2, 0) is 0 Å². The van der Waals surface area contributed by atoms with Gasteiger partial charge in [0.1, 0.15) is 0 Å². The zero-order chi connectivity index (χ0) is 20.2. The van der Waals surface area contributed by atoms with Crippen LogP contribution < -0.4 is 10.6 Å². The fraction of sp³-hybridized carbons (Fsp3) is 0.0417. The van der Waals surface area contributed by atoms with Crippen molar-refractivity contribution < 1.29 is 9.59 Å². The Kier molecular flexibility index (Phi) is 5.03. The van der Waals surface area contributed by atoms with Gasteiger partial charge in [-0.2, -0.15) is 0 Å². The number of hydrogen-bond donors (Lipinski definition) is 2. The van der Waals surface area contributed by atoms with E-state index in [2.05, 4.69) is 15.6 Å². The summed E-state index contributed by atoms with van der Waals surface area (Å²) in [5, 5.41) is 6.69. The van der Waals surface area contributed by atoms with Crippen LogP contribution in [0.15, 0.2) is 85.1 Å². The lowest BCUT2D eigenvalue weighted by Crippen LogP contribution is -2.14. The summed E-state index contributed by atoms with van der Waals surface area (Å²) in [6.45, 7) is 1.99. The first-order chi connectivity index (χ1) is 14.1. The molecule has 3 aromatic carbocycles. The Bertz CT molecular complexity index is 1180. The van der Waals surface area contributed by atoms with Crippen molar-refractivity contribution in [3.05, 3.63) is 102 Å². The number of aromatic nitrogens is 1. The van der Waals surface area contributed by atoms with Gasteiger partial charge in [0.15, 0.2) is 0 Å². The largest absolute Gasteiger partial charge is 0.322 e. The molecule has 0 saturated carbocycles. The van der Waals surface area contributed by atoms with Gasteiger partial charge in [0.2, 0.25) is 0 Å². The minimum absolute atomic E-state index is 0.223. The Morgan fingerprint density at radius 1 is 0.724 bits per heavy atom. The molecule has 0 saturated heterocycles. The van der Waals surface area contributed by atoms with Crippen LogP contribution in [0.5, 0.6) is 0 Å². The number of nitrogens with zero attached hydrogens (tertiary/aromatic N) is 1. The monoisotopic (exact) mass is 381 g/mol. The van der Waals surface area contributed by atoms with E-state index in [9.17, 15) is 9.59 Å². The standard InChI is InChI=1S/C24H19N3O2/c1-16-7-13-20(14-8-16)26-23(28)18-9-11-19(12-10-18)24(29)27-21-6-2-4-17-5-3-15-25-22(17)21/h2-15H,1H3,(H,26,28)(H,27,29). The van der Waals surface area contributed by atoms with E-state index in [4.69, 9.17) is 0 Å². The summed E-state index contributed by atoms with van der Waals surface area (Å²) in [4.78, 5) is 29.4. The highest BCUT2D eigenvalue weighted by Gasteiger charge is 2.11. The lowest BCUT2D eigenvalue weighted by atomic mass is 10.1. The summed E-state index contributed by atoms with van der Waals surface area (Å²) in [6.07, 6.45) is 1.69. The number of para-hydroxylation sites is 1. The second kappa shape index (κ2) is 7.94. The number of pyridine rings is 1. The van der Waals surface area contributed by atoms with Gasteiger partial charge in [0, 0.05) is 28.4 Å². The van der Waals surface area contributed by atoms with Crippen LogP contribution in [0.1, 0.15) is 26.3 Å². The average molecular weight is 381 g/mol. The van der Waals surface area contributed by atoms with Crippen LogP contribution in [0.2, 0.25) is 0 Å². The molecule has 0 bridgehead atoms. The summed E-state index contributed by atoms with van der Waals surface area (Å²) < 4.78 is 0. The molecule has 0 aliphatic carbocycles. The molecule has 5 heteroatoms. The van der Waals surface area contributed by atoms with E-state index in [0.29, 0.717) is 16.8 Å². The Hall–Kier alpha value is -3.99. The van der Waals surface area contributed by atoms with Gasteiger partial charge in [-0.1, -0.05) is 35.9 Å². The molecule has 1 aromatic heterocycles. The molecule has 4 aromatic rings. The molecule has 0 spiro atoms. The topological polar surface area (TPSA) is 71.1 Å². The highest BCUT2D eigenvalue weighted by atomic mass is 16.2. The molecular weight excluding hydrogens is 362 g/mol. The SMILES string of the molecule is Cc1ccc(NC(=O)c2ccc(C(=O)Nc3cccc4cccnc34)cc2)cc1. The van der Waals surface area contributed by atoms with E-state index >= 15 is 0 Å². The van der Waals surface area contributed by atoms with Crippen molar-refractivity contribution in [2.75, 3.05) is 10.6 Å². The maximum Gasteiger partial charge on any atom is 0.255 e. The highest BCUT2D eigenvalue weighted by molar-refractivity contribution is 6.09. The van der Waals surface area contributed by atoms with Gasteiger partial charge in [-0.3, -0.25) is 14.6 Å². The van der Waals surface area contributed by atoms with E-state index in [1.165, 1.54) is 0 Å². The third-order valence-corrected chi connectivity index (χ3v) is 4.60. The van der Waals surface area contributed by atoms with Crippen molar-refractivity contribution in [2.45, 2.75) is 6.92 Å². The summed E-state index contributed by atoms with van der Waals surface area (Å²) >= 11 is 0. The third kappa shape index (κ3) is 4.14. The fourth-order valence-electron chi connectivity index (χ4n) is 3.01. The molecule has 0 unspecified atom stereocenters. The number of benzene rings is 3. The summed E-state index contributed by atoms with van der Waals surface area (Å²) in [5.74, 6) is -0.479. The van der Waals surface area contributed by atoms with E-state index in [-0.39, 0.29) is 11.8 Å². The van der Waals surface area contributed by atoms with Gasteiger partial charge in [0.25, 0.3) is 11.8 Å². The van der Waals surface area contributed by atoms with Gasteiger partial charge in [-0.25, -0.2) is 0 Å². The number of amides is 2. The average Bonchev–Trinajstić information content (AvgIpc) is 2.75. The molecule has 5 nitrogen and oxygen atoms in total. The molecule has 1 heterocycles. The zero-order valence-corrected chi connectivity index (χ0v) is 15.8. The van der Waals surface area contributed by atoms with E-state index < -0.39 is 0 Å². The Labute approximate surface area is 168 Å². The van der Waals surface area contributed by atoms with Crippen LogP contribution >= 0.6 is 0 Å². The maximum atomic E-state index is 12.6. The summed E-state index contributed by atoms with van der Waals surface area (Å²) in [7, 11) is 0. The molecule has 4 rings (SSSR count). The number of carbonyl (C=O) groups is 2. The molecule has 2 N–H and O–H groups in total. The number of carbonyl (C=O) groups excluding carboxylic acids is 2. The summed E-state index contributed by atoms with van der Waals surface area (Å²) in [6, 6.07) is 23.6. The Morgan fingerprint density at radius 2 is 1.34 bits per heavy atom. The van der Waals surface area contributed by atoms with Gasteiger partial charge >= 0.3 is 0 Å². The zero-order valence-electron chi connectivity index (χ0n) is 15.8.